The SMILES string of the molecule is Cc1c(CNC(=O)CCC(C)N2CCOCC2)oc2ccccc12. The highest BCUT2D eigenvalue weighted by molar-refractivity contribution is 5.82. The lowest BCUT2D eigenvalue weighted by molar-refractivity contribution is -0.121. The molecule has 5 heteroatoms. The van der Waals surface area contributed by atoms with Crippen LogP contribution in [-0.4, -0.2) is 43.2 Å². The molecule has 1 aliphatic heterocycles. The molecule has 1 aliphatic rings. The van der Waals surface area contributed by atoms with Crippen molar-refractivity contribution in [2.45, 2.75) is 39.3 Å². The van der Waals surface area contributed by atoms with Gasteiger partial charge in [-0.15, -0.1) is 0 Å². The Kier molecular flexibility index (Phi) is 5.53. The Hall–Kier alpha value is -1.85. The summed E-state index contributed by atoms with van der Waals surface area (Å²) in [5.74, 6) is 0.917. The maximum Gasteiger partial charge on any atom is 0.220 e. The second-order valence-corrected chi connectivity index (χ2v) is 6.46. The zero-order chi connectivity index (χ0) is 16.9. The highest BCUT2D eigenvalue weighted by atomic mass is 16.5. The topological polar surface area (TPSA) is 54.7 Å². The molecule has 1 atom stereocenters. The van der Waals surface area contributed by atoms with Crippen LogP contribution in [0.1, 0.15) is 31.1 Å². The first-order valence-electron chi connectivity index (χ1n) is 8.70. The van der Waals surface area contributed by atoms with Crippen LogP contribution in [-0.2, 0) is 16.1 Å². The van der Waals surface area contributed by atoms with Gasteiger partial charge in [0.1, 0.15) is 11.3 Å². The van der Waals surface area contributed by atoms with Gasteiger partial charge in [0, 0.05) is 36.5 Å². The van der Waals surface area contributed by atoms with Crippen LogP contribution in [0.5, 0.6) is 0 Å². The second kappa shape index (κ2) is 7.81. The molecule has 5 nitrogen and oxygen atoms in total. The number of carbonyl (C=O) groups is 1. The van der Waals surface area contributed by atoms with Gasteiger partial charge in [0.05, 0.1) is 19.8 Å². The first-order chi connectivity index (χ1) is 11.6. The Morgan fingerprint density at radius 2 is 2.04 bits per heavy atom. The van der Waals surface area contributed by atoms with Crippen molar-refractivity contribution >= 4 is 16.9 Å². The number of nitrogens with zero attached hydrogens (tertiary/aromatic N) is 1. The largest absolute Gasteiger partial charge is 0.459 e. The fourth-order valence-corrected chi connectivity index (χ4v) is 3.20. The third kappa shape index (κ3) is 3.97. The first-order valence-corrected chi connectivity index (χ1v) is 8.70. The average molecular weight is 330 g/mol. The molecule has 1 unspecified atom stereocenters. The number of hydrogen-bond donors (Lipinski definition) is 1. The zero-order valence-electron chi connectivity index (χ0n) is 14.5. The van der Waals surface area contributed by atoms with E-state index in [1.165, 1.54) is 0 Å². The molecule has 2 aromatic rings. The molecule has 1 aromatic heterocycles. The minimum absolute atomic E-state index is 0.0787. The highest BCUT2D eigenvalue weighted by Crippen LogP contribution is 2.24. The minimum Gasteiger partial charge on any atom is -0.459 e. The van der Waals surface area contributed by atoms with Crippen LogP contribution in [0, 0.1) is 6.92 Å². The van der Waals surface area contributed by atoms with Gasteiger partial charge >= 0.3 is 0 Å². The molecule has 0 spiro atoms. The molecular weight excluding hydrogens is 304 g/mol. The van der Waals surface area contributed by atoms with E-state index in [9.17, 15) is 4.79 Å². The van der Waals surface area contributed by atoms with Crippen molar-refractivity contribution in [1.29, 1.82) is 0 Å². The number of morpholine rings is 1. The molecular formula is C19H26N2O3. The Bertz CT molecular complexity index is 689. The molecule has 1 fully saturated rings. The number of rotatable bonds is 6. The number of aryl methyl sites for hydroxylation is 1. The van der Waals surface area contributed by atoms with Crippen LogP contribution in [0.3, 0.4) is 0 Å². The van der Waals surface area contributed by atoms with Crippen molar-refractivity contribution in [2.24, 2.45) is 0 Å². The van der Waals surface area contributed by atoms with Gasteiger partial charge in [-0.25, -0.2) is 0 Å². The lowest BCUT2D eigenvalue weighted by Gasteiger charge is -2.32. The van der Waals surface area contributed by atoms with Gasteiger partial charge in [0.25, 0.3) is 0 Å². The fraction of sp³-hybridized carbons (Fsp3) is 0.526. The summed E-state index contributed by atoms with van der Waals surface area (Å²) in [5.41, 5.74) is 1.98. The van der Waals surface area contributed by atoms with Crippen LogP contribution >= 0.6 is 0 Å². The smallest absolute Gasteiger partial charge is 0.220 e. The Balaban J connectivity index is 1.47. The van der Waals surface area contributed by atoms with Gasteiger partial charge < -0.3 is 14.5 Å². The predicted molar refractivity (Wildman–Crippen MR) is 93.9 cm³/mol. The maximum absolute atomic E-state index is 12.1. The van der Waals surface area contributed by atoms with E-state index in [4.69, 9.17) is 9.15 Å². The molecule has 1 N–H and O–H groups in total. The number of ether oxygens (including phenoxy) is 1. The quantitative estimate of drug-likeness (QED) is 0.885. The van der Waals surface area contributed by atoms with E-state index in [0.717, 1.165) is 55.0 Å². The van der Waals surface area contributed by atoms with Crippen molar-refractivity contribution in [3.8, 4) is 0 Å². The number of para-hydroxylation sites is 1. The van der Waals surface area contributed by atoms with Crippen molar-refractivity contribution in [3.63, 3.8) is 0 Å². The van der Waals surface area contributed by atoms with Crippen LogP contribution in [0.15, 0.2) is 28.7 Å². The molecule has 0 radical (unpaired) electrons. The Morgan fingerprint density at radius 1 is 1.29 bits per heavy atom. The number of benzene rings is 1. The van der Waals surface area contributed by atoms with E-state index >= 15 is 0 Å². The summed E-state index contributed by atoms with van der Waals surface area (Å²) in [4.78, 5) is 14.5. The van der Waals surface area contributed by atoms with Crippen LogP contribution in [0.4, 0.5) is 0 Å². The van der Waals surface area contributed by atoms with Gasteiger partial charge in [0.2, 0.25) is 5.91 Å². The number of furan rings is 1. The first kappa shape index (κ1) is 17.0. The summed E-state index contributed by atoms with van der Waals surface area (Å²) in [5, 5.41) is 4.10. The van der Waals surface area contributed by atoms with Gasteiger partial charge in [-0.3, -0.25) is 9.69 Å². The maximum atomic E-state index is 12.1. The van der Waals surface area contributed by atoms with Crippen molar-refractivity contribution in [3.05, 3.63) is 35.6 Å². The molecule has 130 valence electrons. The van der Waals surface area contributed by atoms with Gasteiger partial charge in [-0.1, -0.05) is 18.2 Å². The lowest BCUT2D eigenvalue weighted by Crippen LogP contribution is -2.42. The molecule has 24 heavy (non-hydrogen) atoms. The number of fused-ring (bicyclic) bond motifs is 1. The number of hydrogen-bond acceptors (Lipinski definition) is 4. The van der Waals surface area contributed by atoms with Gasteiger partial charge in [-0.2, -0.15) is 0 Å². The lowest BCUT2D eigenvalue weighted by atomic mass is 10.1. The van der Waals surface area contributed by atoms with Crippen molar-refractivity contribution in [1.82, 2.24) is 10.2 Å². The summed E-state index contributed by atoms with van der Waals surface area (Å²) in [6.45, 7) is 8.17. The number of nitrogens with one attached hydrogen (secondary N) is 1. The average Bonchev–Trinajstić information content (AvgIpc) is 2.95. The monoisotopic (exact) mass is 330 g/mol. The van der Waals surface area contributed by atoms with E-state index < -0.39 is 0 Å². The third-order valence-corrected chi connectivity index (χ3v) is 4.85. The summed E-state index contributed by atoms with van der Waals surface area (Å²) >= 11 is 0. The van der Waals surface area contributed by atoms with E-state index in [0.29, 0.717) is 19.0 Å². The molecule has 0 saturated carbocycles. The number of carbonyl (C=O) groups excluding carboxylic acids is 1. The van der Waals surface area contributed by atoms with Crippen LogP contribution < -0.4 is 5.32 Å². The molecule has 0 bridgehead atoms. The van der Waals surface area contributed by atoms with E-state index in [1.54, 1.807) is 0 Å². The second-order valence-electron chi connectivity index (χ2n) is 6.46. The zero-order valence-corrected chi connectivity index (χ0v) is 14.5. The summed E-state index contributed by atoms with van der Waals surface area (Å²) < 4.78 is 11.2. The van der Waals surface area contributed by atoms with Crippen molar-refractivity contribution < 1.29 is 13.9 Å². The standard InChI is InChI=1S/C19H26N2O3/c1-14(21-9-11-23-12-10-21)7-8-19(22)20-13-18-15(2)16-5-3-4-6-17(16)24-18/h3-6,14H,7-13H2,1-2H3,(H,20,22). The van der Waals surface area contributed by atoms with Crippen LogP contribution in [0.2, 0.25) is 0 Å². The molecule has 0 aliphatic carbocycles. The van der Waals surface area contributed by atoms with E-state index in [2.05, 4.69) is 17.1 Å². The molecule has 2 heterocycles. The third-order valence-electron chi connectivity index (χ3n) is 4.85. The highest BCUT2D eigenvalue weighted by Gasteiger charge is 2.18. The van der Waals surface area contributed by atoms with Crippen LogP contribution in [0.25, 0.3) is 11.0 Å². The molecule has 1 amide bonds. The summed E-state index contributed by atoms with van der Waals surface area (Å²) in [6.07, 6.45) is 1.41. The predicted octanol–water partition coefficient (Wildman–Crippen LogP) is 2.86. The summed E-state index contributed by atoms with van der Waals surface area (Å²) in [6, 6.07) is 8.37. The van der Waals surface area contributed by atoms with E-state index in [1.807, 2.05) is 31.2 Å². The number of amides is 1. The van der Waals surface area contributed by atoms with Crippen molar-refractivity contribution in [2.75, 3.05) is 26.3 Å². The molecule has 3 rings (SSSR count). The molecule has 1 saturated heterocycles. The Morgan fingerprint density at radius 3 is 2.79 bits per heavy atom. The summed E-state index contributed by atoms with van der Waals surface area (Å²) in [7, 11) is 0. The Labute approximate surface area is 143 Å². The van der Waals surface area contributed by atoms with Gasteiger partial charge in [-0.05, 0) is 26.3 Å². The van der Waals surface area contributed by atoms with Gasteiger partial charge in [0.15, 0.2) is 0 Å². The normalized spacial score (nSPS) is 17.1. The molecule has 1 aromatic carbocycles. The fourth-order valence-electron chi connectivity index (χ4n) is 3.20. The minimum atomic E-state index is 0.0787. The van der Waals surface area contributed by atoms with E-state index in [-0.39, 0.29) is 5.91 Å².